The van der Waals surface area contributed by atoms with Gasteiger partial charge in [0, 0.05) is 57.1 Å². The summed E-state index contributed by atoms with van der Waals surface area (Å²) >= 11 is 0. The van der Waals surface area contributed by atoms with E-state index < -0.39 is 0 Å². The van der Waals surface area contributed by atoms with E-state index in [1.54, 1.807) is 0 Å². The number of rotatable bonds is 2. The van der Waals surface area contributed by atoms with E-state index in [0.717, 1.165) is 52.1 Å². The van der Waals surface area contributed by atoms with Crippen molar-refractivity contribution in [2.24, 2.45) is 11.3 Å². The molecule has 5 heteroatoms. The third-order valence-electron chi connectivity index (χ3n) is 5.42. The average molecular weight is 352 g/mol. The largest absolute Gasteiger partial charge is 0.343 e. The highest BCUT2D eigenvalue weighted by atomic mass is 16.2. The molecule has 0 aliphatic carbocycles. The van der Waals surface area contributed by atoms with Gasteiger partial charge in [-0.1, -0.05) is 20.8 Å². The molecule has 0 saturated carbocycles. The van der Waals surface area contributed by atoms with Crippen molar-refractivity contribution in [2.75, 3.05) is 39.3 Å². The fourth-order valence-corrected chi connectivity index (χ4v) is 3.80. The minimum atomic E-state index is 0.0243. The summed E-state index contributed by atoms with van der Waals surface area (Å²) in [6.45, 7) is 18.0. The molecule has 2 heterocycles. The predicted molar refractivity (Wildman–Crippen MR) is 101 cm³/mol. The highest BCUT2D eigenvalue weighted by Gasteiger charge is 2.33. The van der Waals surface area contributed by atoms with Gasteiger partial charge in [0.1, 0.15) is 0 Å². The molecule has 0 radical (unpaired) electrons. The van der Waals surface area contributed by atoms with Crippen LogP contribution in [0.2, 0.25) is 0 Å². The maximum atomic E-state index is 12.8. The van der Waals surface area contributed by atoms with Gasteiger partial charge >= 0.3 is 0 Å². The van der Waals surface area contributed by atoms with Gasteiger partial charge in [0.25, 0.3) is 0 Å². The second-order valence-electron chi connectivity index (χ2n) is 9.88. The number of amides is 2. The molecule has 0 unspecified atom stereocenters. The van der Waals surface area contributed by atoms with E-state index >= 15 is 0 Å². The Morgan fingerprint density at radius 3 is 1.76 bits per heavy atom. The lowest BCUT2D eigenvalue weighted by Crippen LogP contribution is -2.56. The molecule has 2 aliphatic rings. The van der Waals surface area contributed by atoms with Gasteiger partial charge in [0.05, 0.1) is 0 Å². The van der Waals surface area contributed by atoms with E-state index in [1.165, 1.54) is 0 Å². The first-order valence-corrected chi connectivity index (χ1v) is 9.79. The first-order valence-electron chi connectivity index (χ1n) is 9.79. The van der Waals surface area contributed by atoms with Crippen molar-refractivity contribution in [1.82, 2.24) is 14.7 Å². The molecular weight excluding hydrogens is 314 g/mol. The predicted octanol–water partition coefficient (Wildman–Crippen LogP) is 2.60. The smallest absolute Gasteiger partial charge is 0.225 e. The molecule has 5 nitrogen and oxygen atoms in total. The molecule has 2 aliphatic heterocycles. The lowest BCUT2D eigenvalue weighted by molar-refractivity contribution is -0.143. The number of carbonyl (C=O) groups excluding carboxylic acids is 2. The van der Waals surface area contributed by atoms with Crippen LogP contribution < -0.4 is 0 Å². The molecule has 0 aromatic heterocycles. The van der Waals surface area contributed by atoms with E-state index in [1.807, 2.05) is 9.80 Å². The van der Waals surface area contributed by atoms with Crippen LogP contribution in [0.3, 0.4) is 0 Å². The molecule has 25 heavy (non-hydrogen) atoms. The monoisotopic (exact) mass is 351 g/mol. The van der Waals surface area contributed by atoms with Crippen molar-refractivity contribution < 1.29 is 9.59 Å². The molecule has 0 aromatic rings. The number of piperidine rings is 1. The molecular formula is C20H37N3O2. The molecule has 2 rings (SSSR count). The molecule has 0 bridgehead atoms. The van der Waals surface area contributed by atoms with Gasteiger partial charge < -0.3 is 9.80 Å². The Hall–Kier alpha value is -1.10. The molecule has 0 aromatic carbocycles. The third kappa shape index (κ3) is 5.70. The maximum Gasteiger partial charge on any atom is 0.225 e. The van der Waals surface area contributed by atoms with Crippen molar-refractivity contribution in [2.45, 2.75) is 66.3 Å². The Bertz CT molecular complexity index is 474. The van der Waals surface area contributed by atoms with Crippen molar-refractivity contribution in [3.63, 3.8) is 0 Å². The lowest BCUT2D eigenvalue weighted by atomic mass is 9.90. The first kappa shape index (κ1) is 20.2. The van der Waals surface area contributed by atoms with Crippen LogP contribution in [0.1, 0.15) is 60.8 Å². The van der Waals surface area contributed by atoms with Crippen LogP contribution in [-0.4, -0.2) is 71.3 Å². The molecule has 2 fully saturated rings. The van der Waals surface area contributed by atoms with Crippen LogP contribution in [0.25, 0.3) is 0 Å². The second kappa shape index (κ2) is 7.65. The van der Waals surface area contributed by atoms with E-state index in [9.17, 15) is 9.59 Å². The van der Waals surface area contributed by atoms with E-state index in [0.29, 0.717) is 12.3 Å². The van der Waals surface area contributed by atoms with Gasteiger partial charge in [-0.2, -0.15) is 0 Å². The zero-order chi connectivity index (χ0) is 18.8. The molecule has 144 valence electrons. The lowest BCUT2D eigenvalue weighted by Gasteiger charge is -2.43. The van der Waals surface area contributed by atoms with Gasteiger partial charge in [-0.15, -0.1) is 0 Å². The zero-order valence-electron chi connectivity index (χ0n) is 17.1. The Kier molecular flexibility index (Phi) is 6.18. The summed E-state index contributed by atoms with van der Waals surface area (Å²) in [4.78, 5) is 31.6. The van der Waals surface area contributed by atoms with E-state index in [-0.39, 0.29) is 22.8 Å². The standard InChI is InChI=1S/C20H37N3O2/c1-19(2,3)15-17(24)21-9-7-16(8-10-21)18(25)22-11-13-23(14-12-22)20(4,5)6/h16H,7-15H2,1-6H3. The van der Waals surface area contributed by atoms with Crippen molar-refractivity contribution in [3.05, 3.63) is 0 Å². The van der Waals surface area contributed by atoms with Crippen molar-refractivity contribution in [1.29, 1.82) is 0 Å². The van der Waals surface area contributed by atoms with Crippen molar-refractivity contribution >= 4 is 11.8 Å². The Morgan fingerprint density at radius 1 is 0.800 bits per heavy atom. The van der Waals surface area contributed by atoms with Gasteiger partial charge in [-0.05, 0) is 39.0 Å². The summed E-state index contributed by atoms with van der Waals surface area (Å²) in [5.74, 6) is 0.633. The van der Waals surface area contributed by atoms with Crippen LogP contribution >= 0.6 is 0 Å². The second-order valence-corrected chi connectivity index (χ2v) is 9.88. The topological polar surface area (TPSA) is 43.9 Å². The number of carbonyl (C=O) groups is 2. The highest BCUT2D eigenvalue weighted by Crippen LogP contribution is 2.25. The minimum Gasteiger partial charge on any atom is -0.343 e. The number of hydrogen-bond donors (Lipinski definition) is 0. The number of nitrogens with zero attached hydrogens (tertiary/aromatic N) is 3. The minimum absolute atomic E-state index is 0.0243. The van der Waals surface area contributed by atoms with E-state index in [4.69, 9.17) is 0 Å². The molecule has 0 N–H and O–H groups in total. The molecule has 2 amide bonds. The summed E-state index contributed by atoms with van der Waals surface area (Å²) < 4.78 is 0. The number of likely N-dealkylation sites (tertiary alicyclic amines) is 1. The van der Waals surface area contributed by atoms with Gasteiger partial charge in [0.2, 0.25) is 11.8 Å². The fourth-order valence-electron chi connectivity index (χ4n) is 3.80. The van der Waals surface area contributed by atoms with E-state index in [2.05, 4.69) is 46.4 Å². The summed E-state index contributed by atoms with van der Waals surface area (Å²) in [6.07, 6.45) is 2.21. The molecule has 0 spiro atoms. The van der Waals surface area contributed by atoms with Crippen LogP contribution in [0.5, 0.6) is 0 Å². The number of piperazine rings is 1. The van der Waals surface area contributed by atoms with Crippen LogP contribution in [0, 0.1) is 11.3 Å². The molecule has 0 atom stereocenters. The van der Waals surface area contributed by atoms with Crippen LogP contribution in [-0.2, 0) is 9.59 Å². The normalized spacial score (nSPS) is 21.5. The quantitative estimate of drug-likeness (QED) is 0.768. The van der Waals surface area contributed by atoms with Gasteiger partial charge in [-0.25, -0.2) is 0 Å². The fraction of sp³-hybridized carbons (Fsp3) is 0.900. The Labute approximate surface area is 153 Å². The SMILES string of the molecule is CC(C)(C)CC(=O)N1CCC(C(=O)N2CCN(C(C)(C)C)CC2)CC1. The summed E-state index contributed by atoms with van der Waals surface area (Å²) in [5.41, 5.74) is 0.199. The summed E-state index contributed by atoms with van der Waals surface area (Å²) in [7, 11) is 0. The third-order valence-corrected chi connectivity index (χ3v) is 5.42. The van der Waals surface area contributed by atoms with Gasteiger partial charge in [0.15, 0.2) is 0 Å². The summed E-state index contributed by atoms with van der Waals surface area (Å²) in [5, 5.41) is 0. The number of hydrogen-bond acceptors (Lipinski definition) is 3. The highest BCUT2D eigenvalue weighted by molar-refractivity contribution is 5.80. The van der Waals surface area contributed by atoms with Crippen LogP contribution in [0.4, 0.5) is 0 Å². The zero-order valence-corrected chi connectivity index (χ0v) is 17.1. The molecule has 2 saturated heterocycles. The maximum absolute atomic E-state index is 12.8. The summed E-state index contributed by atoms with van der Waals surface area (Å²) in [6, 6.07) is 0. The van der Waals surface area contributed by atoms with Crippen LogP contribution in [0.15, 0.2) is 0 Å². The average Bonchev–Trinajstić information content (AvgIpc) is 2.52. The first-order chi connectivity index (χ1) is 11.5. The Balaban J connectivity index is 1.79. The van der Waals surface area contributed by atoms with Gasteiger partial charge in [-0.3, -0.25) is 14.5 Å². The Morgan fingerprint density at radius 2 is 1.32 bits per heavy atom. The van der Waals surface area contributed by atoms with Crippen molar-refractivity contribution in [3.8, 4) is 0 Å².